The van der Waals surface area contributed by atoms with E-state index in [1.807, 2.05) is 24.3 Å². The van der Waals surface area contributed by atoms with Crippen molar-refractivity contribution in [2.75, 3.05) is 13.7 Å². The van der Waals surface area contributed by atoms with E-state index in [0.717, 1.165) is 29.8 Å². The highest BCUT2D eigenvalue weighted by Gasteiger charge is 2.47. The fourth-order valence-corrected chi connectivity index (χ4v) is 3.93. The summed E-state index contributed by atoms with van der Waals surface area (Å²) in [7, 11) is 1.67. The van der Waals surface area contributed by atoms with Crippen LogP contribution in [0, 0.1) is 5.92 Å². The zero-order valence-electron chi connectivity index (χ0n) is 12.6. The second-order valence-electron chi connectivity index (χ2n) is 6.15. The van der Waals surface area contributed by atoms with Gasteiger partial charge in [0.05, 0.1) is 7.11 Å². The van der Waals surface area contributed by atoms with Crippen LogP contribution in [0.5, 0.6) is 5.75 Å². The molecule has 1 aliphatic heterocycles. The van der Waals surface area contributed by atoms with Crippen LogP contribution in [0.1, 0.15) is 27.4 Å². The highest BCUT2D eigenvalue weighted by molar-refractivity contribution is 6.04. The number of carbonyl (C=O) groups excluding carboxylic acids is 1. The number of carbonyl (C=O) groups is 1. The van der Waals surface area contributed by atoms with Crippen molar-refractivity contribution in [2.45, 2.75) is 18.4 Å². The van der Waals surface area contributed by atoms with Crippen molar-refractivity contribution in [1.29, 1.82) is 0 Å². The maximum atomic E-state index is 12.8. The Morgan fingerprint density at radius 1 is 1.18 bits per heavy atom. The molecule has 2 aromatic rings. The fraction of sp³-hybridized carbons (Fsp3) is 0.316. The molecule has 22 heavy (non-hydrogen) atoms. The first-order valence-corrected chi connectivity index (χ1v) is 7.77. The van der Waals surface area contributed by atoms with Crippen molar-refractivity contribution in [2.24, 2.45) is 5.92 Å². The van der Waals surface area contributed by atoms with Crippen LogP contribution < -0.4 is 10.1 Å². The van der Waals surface area contributed by atoms with Gasteiger partial charge in [0.2, 0.25) is 0 Å². The van der Waals surface area contributed by atoms with Crippen molar-refractivity contribution in [1.82, 2.24) is 5.32 Å². The van der Waals surface area contributed by atoms with Gasteiger partial charge >= 0.3 is 0 Å². The van der Waals surface area contributed by atoms with Gasteiger partial charge in [0.15, 0.2) is 5.78 Å². The fourth-order valence-electron chi connectivity index (χ4n) is 3.93. The molecule has 3 nitrogen and oxygen atoms in total. The smallest absolute Gasteiger partial charge is 0.168 e. The van der Waals surface area contributed by atoms with E-state index in [4.69, 9.17) is 4.74 Å². The largest absolute Gasteiger partial charge is 0.497 e. The molecule has 1 aliphatic carbocycles. The van der Waals surface area contributed by atoms with E-state index in [0.29, 0.717) is 0 Å². The molecule has 2 aromatic carbocycles. The normalized spacial score (nSPS) is 25.9. The quantitative estimate of drug-likeness (QED) is 0.945. The van der Waals surface area contributed by atoms with Gasteiger partial charge in [-0.05, 0) is 35.7 Å². The van der Waals surface area contributed by atoms with Gasteiger partial charge in [0.25, 0.3) is 0 Å². The van der Waals surface area contributed by atoms with E-state index in [1.54, 1.807) is 7.11 Å². The first-order valence-electron chi connectivity index (χ1n) is 7.77. The number of methoxy groups -OCH3 is 1. The van der Waals surface area contributed by atoms with Crippen molar-refractivity contribution in [3.05, 3.63) is 65.2 Å². The Hall–Kier alpha value is -2.13. The predicted molar refractivity (Wildman–Crippen MR) is 85.5 cm³/mol. The molecule has 0 amide bonds. The molecular formula is C19H19NO2. The average Bonchev–Trinajstić information content (AvgIpc) is 3.09. The number of Topliss-reactive ketones (excluding diaryl/α,β-unsaturated/α-hetero) is 1. The molecule has 0 aromatic heterocycles. The number of nitrogens with one attached hydrogen (secondary N) is 1. The second-order valence-corrected chi connectivity index (χ2v) is 6.15. The Labute approximate surface area is 130 Å². The first kappa shape index (κ1) is 13.5. The van der Waals surface area contributed by atoms with Crippen LogP contribution in [-0.4, -0.2) is 25.5 Å². The van der Waals surface area contributed by atoms with E-state index >= 15 is 0 Å². The Morgan fingerprint density at radius 3 is 2.77 bits per heavy atom. The molecule has 4 rings (SSSR count). The van der Waals surface area contributed by atoms with E-state index in [2.05, 4.69) is 29.6 Å². The molecule has 112 valence electrons. The van der Waals surface area contributed by atoms with Gasteiger partial charge in [0, 0.05) is 30.0 Å². The third-order valence-corrected chi connectivity index (χ3v) is 4.99. The van der Waals surface area contributed by atoms with Gasteiger partial charge in [0.1, 0.15) is 5.75 Å². The lowest BCUT2D eigenvalue weighted by Gasteiger charge is -2.17. The lowest BCUT2D eigenvalue weighted by atomic mass is 9.88. The van der Waals surface area contributed by atoms with E-state index in [-0.39, 0.29) is 23.7 Å². The van der Waals surface area contributed by atoms with Crippen LogP contribution in [0.15, 0.2) is 48.5 Å². The highest BCUT2D eigenvalue weighted by atomic mass is 16.5. The zero-order valence-corrected chi connectivity index (χ0v) is 12.6. The number of hydrogen-bond acceptors (Lipinski definition) is 3. The van der Waals surface area contributed by atoms with Gasteiger partial charge in [-0.15, -0.1) is 0 Å². The summed E-state index contributed by atoms with van der Waals surface area (Å²) in [6.07, 6.45) is 0.902. The summed E-state index contributed by atoms with van der Waals surface area (Å²) in [6, 6.07) is 16.5. The molecule has 0 spiro atoms. The molecule has 3 atom stereocenters. The Balaban J connectivity index is 1.63. The number of fused-ring (bicyclic) bond motifs is 3. The topological polar surface area (TPSA) is 38.3 Å². The number of hydrogen-bond donors (Lipinski definition) is 1. The monoisotopic (exact) mass is 293 g/mol. The van der Waals surface area contributed by atoms with Gasteiger partial charge < -0.3 is 10.1 Å². The SMILES string of the molecule is COc1ccc2c(c1)C1CNC(Cc3ccccc3)C1C2=O. The molecule has 0 radical (unpaired) electrons. The number of ether oxygens (including phenoxy) is 1. The standard InChI is InChI=1S/C19H19NO2/c1-22-13-7-8-14-15(10-13)16-11-20-17(18(16)19(14)21)9-12-5-3-2-4-6-12/h2-8,10,16-18,20H,9,11H2,1H3. The lowest BCUT2D eigenvalue weighted by molar-refractivity contribution is 0.0920. The van der Waals surface area contributed by atoms with Crippen LogP contribution in [0.2, 0.25) is 0 Å². The molecule has 1 heterocycles. The molecule has 2 aliphatic rings. The van der Waals surface area contributed by atoms with Gasteiger partial charge in [-0.25, -0.2) is 0 Å². The second kappa shape index (κ2) is 5.25. The summed E-state index contributed by atoms with van der Waals surface area (Å²) in [5.74, 6) is 1.46. The Bertz CT molecular complexity index is 711. The molecule has 1 saturated heterocycles. The molecule has 1 N–H and O–H groups in total. The molecule has 1 fully saturated rings. The minimum absolute atomic E-state index is 0.0577. The number of benzene rings is 2. The van der Waals surface area contributed by atoms with Crippen LogP contribution in [0.4, 0.5) is 0 Å². The zero-order chi connectivity index (χ0) is 15.1. The average molecular weight is 293 g/mol. The van der Waals surface area contributed by atoms with Crippen LogP contribution in [0.3, 0.4) is 0 Å². The molecule has 0 saturated carbocycles. The summed E-state index contributed by atoms with van der Waals surface area (Å²) in [6.45, 7) is 0.869. The predicted octanol–water partition coefficient (Wildman–Crippen LogP) is 2.81. The summed E-state index contributed by atoms with van der Waals surface area (Å²) >= 11 is 0. The van der Waals surface area contributed by atoms with Crippen LogP contribution in [-0.2, 0) is 6.42 Å². The van der Waals surface area contributed by atoms with Crippen molar-refractivity contribution in [3.8, 4) is 5.75 Å². The third-order valence-electron chi connectivity index (χ3n) is 4.99. The van der Waals surface area contributed by atoms with Crippen molar-refractivity contribution < 1.29 is 9.53 Å². The summed E-state index contributed by atoms with van der Waals surface area (Å²) in [5, 5.41) is 3.55. The van der Waals surface area contributed by atoms with Gasteiger partial charge in [-0.3, -0.25) is 4.79 Å². The minimum Gasteiger partial charge on any atom is -0.497 e. The highest BCUT2D eigenvalue weighted by Crippen LogP contribution is 2.44. The molecule has 0 bridgehead atoms. The Kier molecular flexibility index (Phi) is 3.23. The van der Waals surface area contributed by atoms with E-state index < -0.39 is 0 Å². The van der Waals surface area contributed by atoms with E-state index in [9.17, 15) is 4.79 Å². The van der Waals surface area contributed by atoms with E-state index in [1.165, 1.54) is 5.56 Å². The maximum Gasteiger partial charge on any atom is 0.168 e. The van der Waals surface area contributed by atoms with Crippen molar-refractivity contribution in [3.63, 3.8) is 0 Å². The molecule has 3 unspecified atom stereocenters. The summed E-state index contributed by atoms with van der Waals surface area (Å²) in [5.41, 5.74) is 3.31. The third kappa shape index (κ3) is 2.04. The van der Waals surface area contributed by atoms with Gasteiger partial charge in [-0.2, -0.15) is 0 Å². The number of rotatable bonds is 3. The summed E-state index contributed by atoms with van der Waals surface area (Å²) in [4.78, 5) is 12.8. The van der Waals surface area contributed by atoms with Gasteiger partial charge in [-0.1, -0.05) is 30.3 Å². The van der Waals surface area contributed by atoms with Crippen molar-refractivity contribution >= 4 is 5.78 Å². The van der Waals surface area contributed by atoms with Crippen LogP contribution >= 0.6 is 0 Å². The number of ketones is 1. The molecular weight excluding hydrogens is 274 g/mol. The maximum absolute atomic E-state index is 12.8. The minimum atomic E-state index is 0.0577. The first-order chi connectivity index (χ1) is 10.8. The summed E-state index contributed by atoms with van der Waals surface area (Å²) < 4.78 is 5.31. The molecule has 3 heteroatoms. The lowest BCUT2D eigenvalue weighted by Crippen LogP contribution is -2.32. The Morgan fingerprint density at radius 2 is 2.00 bits per heavy atom. The van der Waals surface area contributed by atoms with Crippen LogP contribution in [0.25, 0.3) is 0 Å².